The summed E-state index contributed by atoms with van der Waals surface area (Å²) in [5.41, 5.74) is -4.72. The Morgan fingerprint density at radius 3 is 2.52 bits per heavy atom. The zero-order valence-corrected chi connectivity index (χ0v) is 15.7. The number of hydrogen-bond donors (Lipinski definition) is 0. The average molecular weight is 410 g/mol. The van der Waals surface area contributed by atoms with E-state index in [1.807, 2.05) is 0 Å². The molecule has 0 aliphatic heterocycles. The number of carbonyl (C=O) groups is 1. The molecular formula is C17H21F3O6S. The Bertz CT molecular complexity index is 758. The lowest BCUT2D eigenvalue weighted by Crippen LogP contribution is -2.28. The zero-order chi connectivity index (χ0) is 20.7. The number of alkyl halides is 3. The molecule has 0 aliphatic rings. The topological polar surface area (TPSA) is 78.9 Å². The highest BCUT2D eigenvalue weighted by atomic mass is 32.2. The number of hydrogen-bond acceptors (Lipinski definition) is 6. The quantitative estimate of drug-likeness (QED) is 0.194. The molecular weight excluding hydrogens is 389 g/mol. The number of carbonyl (C=O) groups excluding carboxylic acids is 1. The molecule has 10 heteroatoms. The van der Waals surface area contributed by atoms with E-state index in [2.05, 4.69) is 10.8 Å². The Hall–Kier alpha value is -2.07. The molecule has 1 aromatic rings. The maximum Gasteiger partial charge on any atom is 0.534 e. The van der Waals surface area contributed by atoms with E-state index in [1.165, 1.54) is 25.3 Å². The van der Waals surface area contributed by atoms with Crippen LogP contribution in [-0.4, -0.2) is 40.2 Å². The Morgan fingerprint density at radius 2 is 1.96 bits per heavy atom. The maximum absolute atomic E-state index is 12.5. The number of allylic oxidation sites excluding steroid dienone is 1. The van der Waals surface area contributed by atoms with Gasteiger partial charge in [-0.25, -0.2) is 0 Å². The van der Waals surface area contributed by atoms with Gasteiger partial charge in [0.2, 0.25) is 0 Å². The maximum atomic E-state index is 12.5. The third-order valence-corrected chi connectivity index (χ3v) is 4.41. The van der Waals surface area contributed by atoms with Crippen molar-refractivity contribution in [3.05, 3.63) is 42.0 Å². The van der Waals surface area contributed by atoms with Crippen LogP contribution in [0.1, 0.15) is 18.1 Å². The van der Waals surface area contributed by atoms with Gasteiger partial charge in [-0.3, -0.25) is 4.79 Å². The van der Waals surface area contributed by atoms with E-state index < -0.39 is 33.3 Å². The third-order valence-electron chi connectivity index (χ3n) is 3.45. The molecule has 0 aliphatic carbocycles. The predicted molar refractivity (Wildman–Crippen MR) is 91.6 cm³/mol. The second kappa shape index (κ2) is 9.75. The molecule has 0 fully saturated rings. The lowest BCUT2D eigenvalue weighted by atomic mass is 9.98. The number of halogens is 3. The van der Waals surface area contributed by atoms with Crippen molar-refractivity contribution in [2.24, 2.45) is 5.92 Å². The monoisotopic (exact) mass is 410 g/mol. The number of ether oxygens (including phenoxy) is 2. The molecule has 0 bridgehead atoms. The van der Waals surface area contributed by atoms with Crippen molar-refractivity contribution in [1.82, 2.24) is 0 Å². The molecule has 0 heterocycles. The summed E-state index contributed by atoms with van der Waals surface area (Å²) in [6.45, 7) is 5.51. The van der Waals surface area contributed by atoms with Gasteiger partial charge in [-0.2, -0.15) is 21.6 Å². The molecule has 0 saturated heterocycles. The summed E-state index contributed by atoms with van der Waals surface area (Å²) in [5, 5.41) is 0. The summed E-state index contributed by atoms with van der Waals surface area (Å²) in [5.74, 6) is -1.40. The SMILES string of the molecule is C=CCc1cc(CC(C)C(=O)OCCOC)ccc1OS(=O)(=O)C(F)(F)F. The molecule has 0 spiro atoms. The normalized spacial score (nSPS) is 13.1. The van der Waals surface area contributed by atoms with Gasteiger partial charge in [0, 0.05) is 7.11 Å². The second-order valence-corrected chi connectivity index (χ2v) is 7.22. The van der Waals surface area contributed by atoms with Gasteiger partial charge >= 0.3 is 21.6 Å². The number of esters is 1. The van der Waals surface area contributed by atoms with E-state index in [1.54, 1.807) is 6.92 Å². The molecule has 1 rings (SSSR count). The molecule has 0 radical (unpaired) electrons. The smallest absolute Gasteiger partial charge is 0.463 e. The fourth-order valence-corrected chi connectivity index (χ4v) is 2.62. The number of benzene rings is 1. The van der Waals surface area contributed by atoms with Gasteiger partial charge in [0.25, 0.3) is 0 Å². The van der Waals surface area contributed by atoms with Crippen LogP contribution in [0, 0.1) is 5.92 Å². The second-order valence-electron chi connectivity index (χ2n) is 5.68. The first-order valence-corrected chi connectivity index (χ1v) is 9.31. The Balaban J connectivity index is 2.95. The molecule has 0 aromatic heterocycles. The molecule has 1 atom stereocenters. The number of methoxy groups -OCH3 is 1. The Morgan fingerprint density at radius 1 is 1.30 bits per heavy atom. The largest absolute Gasteiger partial charge is 0.534 e. The van der Waals surface area contributed by atoms with Crippen LogP contribution >= 0.6 is 0 Å². The first-order valence-electron chi connectivity index (χ1n) is 7.90. The van der Waals surface area contributed by atoms with Gasteiger partial charge in [0.1, 0.15) is 12.4 Å². The summed E-state index contributed by atoms with van der Waals surface area (Å²) < 4.78 is 74.0. The van der Waals surface area contributed by atoms with Crippen LogP contribution in [0.4, 0.5) is 13.2 Å². The van der Waals surface area contributed by atoms with Crippen molar-refractivity contribution in [2.75, 3.05) is 20.3 Å². The van der Waals surface area contributed by atoms with Crippen LogP contribution in [0.25, 0.3) is 0 Å². The van der Waals surface area contributed by atoms with Gasteiger partial charge in [-0.15, -0.1) is 6.58 Å². The van der Waals surface area contributed by atoms with Crippen molar-refractivity contribution in [3.63, 3.8) is 0 Å². The third kappa shape index (κ3) is 6.87. The van der Waals surface area contributed by atoms with Crippen LogP contribution in [0.15, 0.2) is 30.9 Å². The minimum atomic E-state index is -5.77. The van der Waals surface area contributed by atoms with Gasteiger partial charge in [0.05, 0.1) is 12.5 Å². The fourth-order valence-electron chi connectivity index (χ4n) is 2.13. The van der Waals surface area contributed by atoms with Crippen LogP contribution in [0.2, 0.25) is 0 Å². The van der Waals surface area contributed by atoms with E-state index >= 15 is 0 Å². The molecule has 0 saturated carbocycles. The van der Waals surface area contributed by atoms with Crippen LogP contribution < -0.4 is 4.18 Å². The van der Waals surface area contributed by atoms with Crippen molar-refractivity contribution in [2.45, 2.75) is 25.3 Å². The molecule has 0 N–H and O–H groups in total. The van der Waals surface area contributed by atoms with Crippen LogP contribution in [-0.2, 0) is 37.2 Å². The Kier molecular flexibility index (Phi) is 8.29. The summed E-state index contributed by atoms with van der Waals surface area (Å²) in [6.07, 6.45) is 1.74. The van der Waals surface area contributed by atoms with Crippen molar-refractivity contribution in [3.8, 4) is 5.75 Å². The summed E-state index contributed by atoms with van der Waals surface area (Å²) in [4.78, 5) is 11.9. The summed E-state index contributed by atoms with van der Waals surface area (Å²) in [7, 11) is -4.30. The van der Waals surface area contributed by atoms with Crippen molar-refractivity contribution in [1.29, 1.82) is 0 Å². The molecule has 0 amide bonds. The highest BCUT2D eigenvalue weighted by Crippen LogP contribution is 2.30. The fraction of sp³-hybridized carbons (Fsp3) is 0.471. The molecule has 6 nitrogen and oxygen atoms in total. The standard InChI is InChI=1S/C17H21F3O6S/c1-4-5-14-11-13(10-12(2)16(21)25-9-8-24-3)6-7-15(14)26-27(22,23)17(18,19)20/h4,6-7,11-12H,1,5,8-10H2,2-3H3. The first-order chi connectivity index (χ1) is 12.5. The minimum absolute atomic E-state index is 0.0865. The lowest BCUT2D eigenvalue weighted by molar-refractivity contribution is -0.149. The zero-order valence-electron chi connectivity index (χ0n) is 14.9. The molecule has 27 heavy (non-hydrogen) atoms. The van der Waals surface area contributed by atoms with Gasteiger partial charge < -0.3 is 13.7 Å². The van der Waals surface area contributed by atoms with E-state index in [0.29, 0.717) is 5.56 Å². The van der Waals surface area contributed by atoms with Gasteiger partial charge in [0.15, 0.2) is 0 Å². The van der Waals surface area contributed by atoms with Crippen molar-refractivity contribution >= 4 is 16.1 Å². The predicted octanol–water partition coefficient (Wildman–Crippen LogP) is 3.01. The molecule has 152 valence electrons. The van der Waals surface area contributed by atoms with Crippen LogP contribution in [0.3, 0.4) is 0 Å². The van der Waals surface area contributed by atoms with Crippen molar-refractivity contribution < 1.29 is 40.0 Å². The highest BCUT2D eigenvalue weighted by Gasteiger charge is 2.48. The van der Waals surface area contributed by atoms with E-state index in [9.17, 15) is 26.4 Å². The minimum Gasteiger partial charge on any atom is -0.463 e. The van der Waals surface area contributed by atoms with Crippen LogP contribution in [0.5, 0.6) is 5.75 Å². The highest BCUT2D eigenvalue weighted by molar-refractivity contribution is 7.88. The number of rotatable bonds is 10. The Labute approximate surface area is 156 Å². The first kappa shape index (κ1) is 23.0. The molecule has 1 unspecified atom stereocenters. The van der Waals surface area contributed by atoms with E-state index in [0.717, 1.165) is 6.07 Å². The summed E-state index contributed by atoms with van der Waals surface area (Å²) >= 11 is 0. The summed E-state index contributed by atoms with van der Waals surface area (Å²) in [6, 6.07) is 4.00. The van der Waals surface area contributed by atoms with Gasteiger partial charge in [-0.1, -0.05) is 25.1 Å². The van der Waals surface area contributed by atoms with E-state index in [-0.39, 0.29) is 31.6 Å². The van der Waals surface area contributed by atoms with E-state index in [4.69, 9.17) is 9.47 Å². The lowest BCUT2D eigenvalue weighted by Gasteiger charge is -2.15. The molecule has 1 aromatic carbocycles. The average Bonchev–Trinajstić information content (AvgIpc) is 2.56. The van der Waals surface area contributed by atoms with Gasteiger partial charge in [-0.05, 0) is 30.0 Å².